The zero-order chi connectivity index (χ0) is 24.3. The third kappa shape index (κ3) is 4.55. The van der Waals surface area contributed by atoms with Gasteiger partial charge in [-0.3, -0.25) is 9.36 Å². The van der Waals surface area contributed by atoms with Crippen molar-refractivity contribution in [3.63, 3.8) is 0 Å². The van der Waals surface area contributed by atoms with Gasteiger partial charge in [0.2, 0.25) is 5.91 Å². The van der Waals surface area contributed by atoms with Gasteiger partial charge in [0.25, 0.3) is 0 Å². The lowest BCUT2D eigenvalue weighted by molar-refractivity contribution is -0.113. The van der Waals surface area contributed by atoms with Crippen molar-refractivity contribution in [1.82, 2.24) is 14.8 Å². The molecule has 1 N–H and O–H groups in total. The summed E-state index contributed by atoms with van der Waals surface area (Å²) in [4.78, 5) is 12.7. The summed E-state index contributed by atoms with van der Waals surface area (Å²) in [5, 5.41) is 12.3. The van der Waals surface area contributed by atoms with Crippen molar-refractivity contribution in [2.45, 2.75) is 11.3 Å². The van der Waals surface area contributed by atoms with Gasteiger partial charge in [-0.1, -0.05) is 42.1 Å². The van der Waals surface area contributed by atoms with E-state index in [-0.39, 0.29) is 11.7 Å². The molecule has 0 aliphatic carbocycles. The van der Waals surface area contributed by atoms with Crippen LogP contribution in [-0.2, 0) is 4.79 Å². The zero-order valence-corrected chi connectivity index (χ0v) is 19.9. The van der Waals surface area contributed by atoms with Gasteiger partial charge in [0, 0.05) is 17.4 Å². The van der Waals surface area contributed by atoms with Crippen LogP contribution in [0.2, 0.25) is 0 Å². The molecular formula is C26H22N4O5S. The molecule has 3 heterocycles. The van der Waals surface area contributed by atoms with Gasteiger partial charge in [0.1, 0.15) is 19.8 Å². The average molecular weight is 503 g/mol. The van der Waals surface area contributed by atoms with Crippen LogP contribution in [0.5, 0.6) is 23.0 Å². The molecule has 3 aromatic carbocycles. The molecule has 10 heteroatoms. The second-order valence-corrected chi connectivity index (χ2v) is 9.01. The molecule has 36 heavy (non-hydrogen) atoms. The summed E-state index contributed by atoms with van der Waals surface area (Å²) in [7, 11) is 0. The van der Waals surface area contributed by atoms with Crippen molar-refractivity contribution in [1.29, 1.82) is 0 Å². The first kappa shape index (κ1) is 22.3. The number of hydrogen-bond acceptors (Lipinski definition) is 8. The first-order valence-corrected chi connectivity index (χ1v) is 12.4. The third-order valence-corrected chi connectivity index (χ3v) is 6.56. The van der Waals surface area contributed by atoms with Gasteiger partial charge in [-0.05, 0) is 36.4 Å². The fourth-order valence-electron chi connectivity index (χ4n) is 4.00. The molecule has 0 bridgehead atoms. The molecule has 1 aromatic heterocycles. The summed E-state index contributed by atoms with van der Waals surface area (Å²) in [6.45, 7) is 1.31. The Labute approximate surface area is 211 Å². The van der Waals surface area contributed by atoms with E-state index in [1.54, 1.807) is 18.2 Å². The molecule has 2 aliphatic rings. The van der Waals surface area contributed by atoms with Crippen molar-refractivity contribution in [3.05, 3.63) is 78.6 Å². The molecule has 0 saturated heterocycles. The van der Waals surface area contributed by atoms with Crippen LogP contribution in [0, 0.1) is 0 Å². The van der Waals surface area contributed by atoms with E-state index in [0.29, 0.717) is 59.5 Å². The molecule has 0 radical (unpaired) electrons. The van der Waals surface area contributed by atoms with Crippen molar-refractivity contribution in [3.8, 4) is 28.7 Å². The highest BCUT2D eigenvalue weighted by Crippen LogP contribution is 2.37. The van der Waals surface area contributed by atoms with Gasteiger partial charge >= 0.3 is 0 Å². The summed E-state index contributed by atoms with van der Waals surface area (Å²) >= 11 is 1.29. The molecule has 2 aliphatic heterocycles. The number of nitrogens with zero attached hydrogens (tertiary/aromatic N) is 3. The molecule has 0 unspecified atom stereocenters. The predicted molar refractivity (Wildman–Crippen MR) is 133 cm³/mol. The fraction of sp³-hybridized carbons (Fsp3) is 0.192. The van der Waals surface area contributed by atoms with Crippen LogP contribution in [0.4, 0.5) is 5.69 Å². The van der Waals surface area contributed by atoms with Crippen LogP contribution in [0.25, 0.3) is 5.69 Å². The molecular weight excluding hydrogens is 480 g/mol. The molecule has 0 fully saturated rings. The second-order valence-electron chi connectivity index (χ2n) is 8.07. The Morgan fingerprint density at radius 2 is 1.64 bits per heavy atom. The Morgan fingerprint density at radius 3 is 2.50 bits per heavy atom. The summed E-state index contributed by atoms with van der Waals surface area (Å²) in [5.74, 6) is 3.22. The average Bonchev–Trinajstić information content (AvgIpc) is 3.36. The minimum absolute atomic E-state index is 0.143. The standard InChI is InChI=1S/C26H22N4O5S/c31-24(27-17-10-11-20-22(14-17)33-13-12-32-20)16-36-26-29-28-25(30(26)18-6-2-1-3-7-18)23-15-34-19-8-4-5-9-21(19)35-23/h1-11,14,23H,12-13,15-16H2,(H,27,31)/t23-/m0/s1. The highest BCUT2D eigenvalue weighted by atomic mass is 32.2. The van der Waals surface area contributed by atoms with Crippen molar-refractivity contribution in [2.24, 2.45) is 0 Å². The number of anilines is 1. The maximum absolute atomic E-state index is 12.7. The van der Waals surface area contributed by atoms with E-state index in [2.05, 4.69) is 15.5 Å². The Hall–Kier alpha value is -4.18. The molecule has 6 rings (SSSR count). The van der Waals surface area contributed by atoms with Crippen LogP contribution >= 0.6 is 11.8 Å². The van der Waals surface area contributed by atoms with Crippen molar-refractivity contribution in [2.75, 3.05) is 30.9 Å². The first-order valence-electron chi connectivity index (χ1n) is 11.5. The van der Waals surface area contributed by atoms with Crippen LogP contribution in [-0.4, -0.2) is 46.2 Å². The smallest absolute Gasteiger partial charge is 0.234 e. The van der Waals surface area contributed by atoms with Crippen molar-refractivity contribution >= 4 is 23.4 Å². The number of fused-ring (bicyclic) bond motifs is 2. The van der Waals surface area contributed by atoms with Gasteiger partial charge in [0.05, 0.1) is 5.75 Å². The van der Waals surface area contributed by atoms with E-state index >= 15 is 0 Å². The largest absolute Gasteiger partial charge is 0.486 e. The third-order valence-electron chi connectivity index (χ3n) is 5.63. The Morgan fingerprint density at radius 1 is 0.889 bits per heavy atom. The number of rotatable bonds is 6. The molecule has 9 nitrogen and oxygen atoms in total. The van der Waals surface area contributed by atoms with Gasteiger partial charge < -0.3 is 24.3 Å². The van der Waals surface area contributed by atoms with Crippen LogP contribution < -0.4 is 24.3 Å². The summed E-state index contributed by atoms with van der Waals surface area (Å²) in [5.41, 5.74) is 1.51. The maximum atomic E-state index is 12.7. The number of aromatic nitrogens is 3. The molecule has 182 valence electrons. The number of nitrogens with one attached hydrogen (secondary N) is 1. The lowest BCUT2D eigenvalue weighted by atomic mass is 10.2. The number of hydrogen-bond donors (Lipinski definition) is 1. The van der Waals surface area contributed by atoms with E-state index in [0.717, 1.165) is 5.69 Å². The lowest BCUT2D eigenvalue weighted by Crippen LogP contribution is -2.24. The van der Waals surface area contributed by atoms with Gasteiger partial charge in [0.15, 0.2) is 40.1 Å². The number of carbonyl (C=O) groups is 1. The summed E-state index contributed by atoms with van der Waals surface area (Å²) in [6.07, 6.45) is -0.450. The minimum Gasteiger partial charge on any atom is -0.486 e. The lowest BCUT2D eigenvalue weighted by Gasteiger charge is -2.26. The zero-order valence-electron chi connectivity index (χ0n) is 19.1. The Kier molecular flexibility index (Phi) is 6.08. The van der Waals surface area contributed by atoms with Gasteiger partial charge in [-0.15, -0.1) is 10.2 Å². The van der Waals surface area contributed by atoms with Gasteiger partial charge in [-0.2, -0.15) is 0 Å². The molecule has 0 spiro atoms. The fourth-order valence-corrected chi connectivity index (χ4v) is 4.76. The Bertz CT molecular complexity index is 1390. The Balaban J connectivity index is 1.20. The normalized spacial score (nSPS) is 15.8. The first-order chi connectivity index (χ1) is 17.7. The van der Waals surface area contributed by atoms with E-state index in [9.17, 15) is 4.79 Å². The molecule has 1 atom stereocenters. The number of para-hydroxylation sites is 3. The topological polar surface area (TPSA) is 96.7 Å². The second kappa shape index (κ2) is 9.82. The number of amides is 1. The maximum Gasteiger partial charge on any atom is 0.234 e. The predicted octanol–water partition coefficient (Wildman–Crippen LogP) is 4.28. The number of benzene rings is 3. The van der Waals surface area contributed by atoms with E-state index in [1.165, 1.54) is 11.8 Å². The van der Waals surface area contributed by atoms with E-state index in [1.807, 2.05) is 59.2 Å². The molecule has 4 aromatic rings. The van der Waals surface area contributed by atoms with Crippen LogP contribution in [0.15, 0.2) is 78.0 Å². The SMILES string of the molecule is O=C(CSc1nnc([C@@H]2COc3ccccc3O2)n1-c1ccccc1)Nc1ccc2c(c1)OCCO2. The highest BCUT2D eigenvalue weighted by molar-refractivity contribution is 7.99. The summed E-state index contributed by atoms with van der Waals surface area (Å²) < 4.78 is 25.1. The van der Waals surface area contributed by atoms with Gasteiger partial charge in [-0.25, -0.2) is 0 Å². The number of carbonyl (C=O) groups excluding carboxylic acids is 1. The van der Waals surface area contributed by atoms with Crippen LogP contribution in [0.3, 0.4) is 0 Å². The number of thioether (sulfide) groups is 1. The van der Waals surface area contributed by atoms with E-state index in [4.69, 9.17) is 18.9 Å². The quantitative estimate of drug-likeness (QED) is 0.390. The summed E-state index contributed by atoms with van der Waals surface area (Å²) in [6, 6.07) is 22.6. The van der Waals surface area contributed by atoms with Crippen LogP contribution in [0.1, 0.15) is 11.9 Å². The highest BCUT2D eigenvalue weighted by Gasteiger charge is 2.29. The minimum atomic E-state index is -0.450. The monoisotopic (exact) mass is 502 g/mol. The van der Waals surface area contributed by atoms with Crippen molar-refractivity contribution < 1.29 is 23.7 Å². The van der Waals surface area contributed by atoms with E-state index < -0.39 is 6.10 Å². The molecule has 0 saturated carbocycles. The molecule has 1 amide bonds. The number of ether oxygens (including phenoxy) is 4.